The molecule has 0 aliphatic heterocycles. The molecule has 3 nitrogen and oxygen atoms in total. The Balaban J connectivity index is 1.98. The van der Waals surface area contributed by atoms with Crippen LogP contribution in [0.15, 0.2) is 42.5 Å². The Morgan fingerprint density at radius 2 is 1.80 bits per heavy atom. The zero-order valence-electron chi connectivity index (χ0n) is 10.5. The topological polar surface area (TPSA) is 46.5 Å². The third-order valence-electron chi connectivity index (χ3n) is 2.69. The summed E-state index contributed by atoms with van der Waals surface area (Å²) in [6.07, 6.45) is 0.00327. The minimum absolute atomic E-state index is 0.00327. The van der Waals surface area contributed by atoms with Crippen LogP contribution in [0.4, 0.5) is 0 Å². The van der Waals surface area contributed by atoms with Crippen LogP contribution in [0.2, 0.25) is 10.0 Å². The summed E-state index contributed by atoms with van der Waals surface area (Å²) >= 11 is 11.9. The summed E-state index contributed by atoms with van der Waals surface area (Å²) in [5.74, 6) is -0.197. The molecule has 2 aromatic rings. The highest BCUT2D eigenvalue weighted by Crippen LogP contribution is 2.22. The normalized spacial score (nSPS) is 10.3. The summed E-state index contributed by atoms with van der Waals surface area (Å²) in [6.45, 7) is 0.328. The minimum atomic E-state index is -0.855. The zero-order chi connectivity index (χ0) is 14.5. The van der Waals surface area contributed by atoms with Gasteiger partial charge in [0.1, 0.15) is 12.4 Å². The Labute approximate surface area is 126 Å². The molecule has 0 atom stereocenters. The number of carboxylic acid groups (broad SMARTS) is 1. The quantitative estimate of drug-likeness (QED) is 0.900. The molecule has 0 heterocycles. The minimum Gasteiger partial charge on any atom is -0.489 e. The van der Waals surface area contributed by atoms with Crippen molar-refractivity contribution in [1.29, 1.82) is 0 Å². The van der Waals surface area contributed by atoms with Crippen molar-refractivity contribution >= 4 is 29.2 Å². The summed E-state index contributed by atoms with van der Waals surface area (Å²) in [5.41, 5.74) is 1.57. The fraction of sp³-hybridized carbons (Fsp3) is 0.133. The average Bonchev–Trinajstić information content (AvgIpc) is 2.39. The van der Waals surface area contributed by atoms with Gasteiger partial charge in [0.25, 0.3) is 0 Å². The van der Waals surface area contributed by atoms with Crippen LogP contribution < -0.4 is 4.74 Å². The monoisotopic (exact) mass is 310 g/mol. The first-order chi connectivity index (χ1) is 9.54. The average molecular weight is 311 g/mol. The van der Waals surface area contributed by atoms with Crippen LogP contribution in [0.5, 0.6) is 5.75 Å². The van der Waals surface area contributed by atoms with Gasteiger partial charge in [0.05, 0.1) is 6.42 Å². The number of halogens is 2. The van der Waals surface area contributed by atoms with Gasteiger partial charge in [-0.2, -0.15) is 0 Å². The van der Waals surface area contributed by atoms with E-state index in [-0.39, 0.29) is 6.42 Å². The van der Waals surface area contributed by atoms with E-state index in [0.29, 0.717) is 22.4 Å². The molecule has 0 unspecified atom stereocenters. The van der Waals surface area contributed by atoms with Crippen molar-refractivity contribution in [2.24, 2.45) is 0 Å². The van der Waals surface area contributed by atoms with Gasteiger partial charge in [-0.1, -0.05) is 41.4 Å². The SMILES string of the molecule is O=C(O)Cc1ccc(OCc2ccc(Cl)cc2Cl)cc1. The number of rotatable bonds is 5. The fourth-order valence-corrected chi connectivity index (χ4v) is 2.14. The van der Waals surface area contributed by atoms with Crippen molar-refractivity contribution < 1.29 is 14.6 Å². The highest BCUT2D eigenvalue weighted by molar-refractivity contribution is 6.35. The third-order valence-corrected chi connectivity index (χ3v) is 3.28. The van der Waals surface area contributed by atoms with Crippen LogP contribution in [0.3, 0.4) is 0 Å². The van der Waals surface area contributed by atoms with Crippen LogP contribution >= 0.6 is 23.2 Å². The predicted octanol–water partition coefficient (Wildman–Crippen LogP) is 4.20. The lowest BCUT2D eigenvalue weighted by atomic mass is 10.1. The maximum absolute atomic E-state index is 10.6. The summed E-state index contributed by atoms with van der Waals surface area (Å²) in [6, 6.07) is 12.2. The van der Waals surface area contributed by atoms with E-state index in [1.54, 1.807) is 36.4 Å². The van der Waals surface area contributed by atoms with Crippen LogP contribution in [-0.2, 0) is 17.8 Å². The molecule has 0 radical (unpaired) electrons. The first-order valence-electron chi connectivity index (χ1n) is 5.92. The van der Waals surface area contributed by atoms with E-state index >= 15 is 0 Å². The van der Waals surface area contributed by atoms with E-state index in [4.69, 9.17) is 33.0 Å². The molecule has 0 fully saturated rings. The fourth-order valence-electron chi connectivity index (χ4n) is 1.68. The van der Waals surface area contributed by atoms with E-state index in [1.165, 1.54) is 0 Å². The van der Waals surface area contributed by atoms with Crippen molar-refractivity contribution in [1.82, 2.24) is 0 Å². The van der Waals surface area contributed by atoms with Crippen molar-refractivity contribution in [3.05, 3.63) is 63.6 Å². The maximum Gasteiger partial charge on any atom is 0.307 e. The molecule has 0 bridgehead atoms. The Morgan fingerprint density at radius 1 is 1.10 bits per heavy atom. The van der Waals surface area contributed by atoms with E-state index in [0.717, 1.165) is 11.1 Å². The number of hydrogen-bond acceptors (Lipinski definition) is 2. The van der Waals surface area contributed by atoms with E-state index < -0.39 is 5.97 Å². The molecule has 0 aliphatic carbocycles. The Hall–Kier alpha value is -1.71. The molecular formula is C15H12Cl2O3. The highest BCUT2D eigenvalue weighted by atomic mass is 35.5. The molecule has 0 aromatic heterocycles. The molecule has 104 valence electrons. The van der Waals surface area contributed by atoms with Crippen LogP contribution in [0.25, 0.3) is 0 Å². The second-order valence-corrected chi connectivity index (χ2v) is 5.08. The van der Waals surface area contributed by atoms with Gasteiger partial charge in [0.15, 0.2) is 0 Å². The van der Waals surface area contributed by atoms with Gasteiger partial charge in [-0.15, -0.1) is 0 Å². The molecule has 0 saturated heterocycles. The van der Waals surface area contributed by atoms with Crippen LogP contribution in [0.1, 0.15) is 11.1 Å². The van der Waals surface area contributed by atoms with Gasteiger partial charge in [0, 0.05) is 15.6 Å². The first kappa shape index (κ1) is 14.7. The molecule has 2 rings (SSSR count). The first-order valence-corrected chi connectivity index (χ1v) is 6.67. The van der Waals surface area contributed by atoms with Gasteiger partial charge in [-0.05, 0) is 29.8 Å². The summed E-state index contributed by atoms with van der Waals surface area (Å²) in [4.78, 5) is 10.6. The predicted molar refractivity (Wildman–Crippen MR) is 78.6 cm³/mol. The van der Waals surface area contributed by atoms with Gasteiger partial charge in [-0.25, -0.2) is 0 Å². The lowest BCUT2D eigenvalue weighted by Gasteiger charge is -2.08. The zero-order valence-corrected chi connectivity index (χ0v) is 12.0. The molecule has 2 aromatic carbocycles. The number of carbonyl (C=O) groups is 1. The van der Waals surface area contributed by atoms with Gasteiger partial charge >= 0.3 is 5.97 Å². The van der Waals surface area contributed by atoms with E-state index in [1.807, 2.05) is 6.07 Å². The Bertz CT molecular complexity index is 609. The lowest BCUT2D eigenvalue weighted by Crippen LogP contribution is -2.00. The molecule has 0 spiro atoms. The number of aliphatic carboxylic acids is 1. The number of ether oxygens (including phenoxy) is 1. The molecule has 0 saturated carbocycles. The third kappa shape index (κ3) is 4.15. The van der Waals surface area contributed by atoms with Gasteiger partial charge in [-0.3, -0.25) is 4.79 Å². The van der Waals surface area contributed by atoms with Gasteiger partial charge < -0.3 is 9.84 Å². The van der Waals surface area contributed by atoms with Crippen molar-refractivity contribution in [2.75, 3.05) is 0 Å². The van der Waals surface area contributed by atoms with Gasteiger partial charge in [0.2, 0.25) is 0 Å². The maximum atomic E-state index is 10.6. The van der Waals surface area contributed by atoms with E-state index in [2.05, 4.69) is 0 Å². The standard InChI is InChI=1S/C15H12Cl2O3/c16-12-4-3-11(14(17)8-12)9-20-13-5-1-10(2-6-13)7-15(18)19/h1-6,8H,7,9H2,(H,18,19). The second kappa shape index (κ2) is 6.64. The van der Waals surface area contributed by atoms with Crippen molar-refractivity contribution in [3.63, 3.8) is 0 Å². The van der Waals surface area contributed by atoms with Crippen molar-refractivity contribution in [2.45, 2.75) is 13.0 Å². The van der Waals surface area contributed by atoms with E-state index in [9.17, 15) is 4.79 Å². The highest BCUT2D eigenvalue weighted by Gasteiger charge is 2.04. The molecular weight excluding hydrogens is 299 g/mol. The second-order valence-electron chi connectivity index (χ2n) is 4.24. The largest absolute Gasteiger partial charge is 0.489 e. The lowest BCUT2D eigenvalue weighted by molar-refractivity contribution is -0.136. The number of carboxylic acids is 1. The summed E-state index contributed by atoms with van der Waals surface area (Å²) in [5, 5.41) is 9.82. The molecule has 5 heteroatoms. The Morgan fingerprint density at radius 3 is 2.40 bits per heavy atom. The summed E-state index contributed by atoms with van der Waals surface area (Å²) < 4.78 is 5.60. The molecule has 20 heavy (non-hydrogen) atoms. The van der Waals surface area contributed by atoms with Crippen LogP contribution in [0, 0.1) is 0 Å². The van der Waals surface area contributed by atoms with Crippen molar-refractivity contribution in [3.8, 4) is 5.75 Å². The smallest absolute Gasteiger partial charge is 0.307 e. The number of hydrogen-bond donors (Lipinski definition) is 1. The number of benzene rings is 2. The molecule has 0 aliphatic rings. The summed E-state index contributed by atoms with van der Waals surface area (Å²) in [7, 11) is 0. The van der Waals surface area contributed by atoms with Crippen LogP contribution in [-0.4, -0.2) is 11.1 Å². The molecule has 1 N–H and O–H groups in total. The molecule has 0 amide bonds. The Kier molecular flexibility index (Phi) is 4.88.